The van der Waals surface area contributed by atoms with Crippen LogP contribution in [0.25, 0.3) is 0 Å². The minimum Gasteiger partial charge on any atom is -0.502 e. The number of nitrogens with one attached hydrogen (secondary N) is 2. The molecule has 2 unspecified atom stereocenters. The Morgan fingerprint density at radius 2 is 2.53 bits per heavy atom. The summed E-state index contributed by atoms with van der Waals surface area (Å²) in [6.45, 7) is 5.06. The predicted octanol–water partition coefficient (Wildman–Crippen LogP) is -0.624. The van der Waals surface area contributed by atoms with Crippen LogP contribution in [0.15, 0.2) is 12.8 Å². The number of aliphatic hydroxyl groups is 1. The summed E-state index contributed by atoms with van der Waals surface area (Å²) in [6.07, 6.45) is 2.24. The van der Waals surface area contributed by atoms with Crippen LogP contribution in [-0.4, -0.2) is 42.9 Å². The van der Waals surface area contributed by atoms with E-state index in [0.717, 1.165) is 6.42 Å². The van der Waals surface area contributed by atoms with Crippen molar-refractivity contribution in [2.75, 3.05) is 19.7 Å². The van der Waals surface area contributed by atoms with Gasteiger partial charge >= 0.3 is 0 Å². The van der Waals surface area contributed by atoms with Crippen LogP contribution in [0.1, 0.15) is 12.8 Å². The Labute approximate surface area is 89.5 Å². The molecule has 15 heavy (non-hydrogen) atoms. The van der Waals surface area contributed by atoms with E-state index in [9.17, 15) is 9.90 Å². The maximum absolute atomic E-state index is 11.5. The number of ether oxygens (including phenoxy) is 1. The Hall–Kier alpha value is -1.07. The van der Waals surface area contributed by atoms with Gasteiger partial charge in [0.05, 0.1) is 25.0 Å². The van der Waals surface area contributed by atoms with Crippen molar-refractivity contribution in [3.8, 4) is 0 Å². The van der Waals surface area contributed by atoms with Gasteiger partial charge in [-0.25, -0.2) is 0 Å². The largest absolute Gasteiger partial charge is 0.502 e. The molecule has 0 bridgehead atoms. The lowest BCUT2D eigenvalue weighted by Gasteiger charge is -2.10. The Morgan fingerprint density at radius 3 is 3.13 bits per heavy atom. The minimum atomic E-state index is -0.398. The highest BCUT2D eigenvalue weighted by atomic mass is 16.5. The molecule has 1 heterocycles. The molecule has 0 aromatic carbocycles. The molecule has 3 N–H and O–H groups in total. The Kier molecular flexibility index (Phi) is 5.14. The van der Waals surface area contributed by atoms with Crippen molar-refractivity contribution in [3.05, 3.63) is 12.8 Å². The average Bonchev–Trinajstić information content (AvgIpc) is 2.64. The van der Waals surface area contributed by atoms with Crippen molar-refractivity contribution in [1.82, 2.24) is 10.6 Å². The smallest absolute Gasteiger partial charge is 0.237 e. The molecule has 5 nitrogen and oxygen atoms in total. The Morgan fingerprint density at radius 1 is 1.73 bits per heavy atom. The van der Waals surface area contributed by atoms with E-state index in [1.54, 1.807) is 0 Å². The fraction of sp³-hybridized carbons (Fsp3) is 0.700. The van der Waals surface area contributed by atoms with Crippen molar-refractivity contribution in [1.29, 1.82) is 0 Å². The zero-order chi connectivity index (χ0) is 11.1. The van der Waals surface area contributed by atoms with E-state index in [-0.39, 0.29) is 11.9 Å². The number of hydrogen-bond donors (Lipinski definition) is 3. The average molecular weight is 214 g/mol. The fourth-order valence-electron chi connectivity index (χ4n) is 1.49. The zero-order valence-electron chi connectivity index (χ0n) is 8.74. The molecule has 2 atom stereocenters. The SMILES string of the molecule is C=COCCCNC(=O)C1CC(O)CN1. The van der Waals surface area contributed by atoms with E-state index < -0.39 is 6.10 Å². The van der Waals surface area contributed by atoms with Gasteiger partial charge in [0.1, 0.15) is 0 Å². The first-order valence-electron chi connectivity index (χ1n) is 5.15. The monoisotopic (exact) mass is 214 g/mol. The first kappa shape index (κ1) is 12.0. The second-order valence-corrected chi connectivity index (χ2v) is 3.53. The third kappa shape index (κ3) is 4.31. The summed E-state index contributed by atoms with van der Waals surface area (Å²) < 4.78 is 4.91. The van der Waals surface area contributed by atoms with Crippen molar-refractivity contribution >= 4 is 5.91 Å². The fourth-order valence-corrected chi connectivity index (χ4v) is 1.49. The summed E-state index contributed by atoms with van der Waals surface area (Å²) in [6, 6.07) is -0.250. The number of hydrogen-bond acceptors (Lipinski definition) is 4. The molecule has 0 saturated carbocycles. The van der Waals surface area contributed by atoms with Crippen molar-refractivity contribution in [2.24, 2.45) is 0 Å². The lowest BCUT2D eigenvalue weighted by molar-refractivity contribution is -0.122. The highest BCUT2D eigenvalue weighted by Crippen LogP contribution is 2.05. The molecule has 0 aromatic heterocycles. The van der Waals surface area contributed by atoms with E-state index in [2.05, 4.69) is 17.2 Å². The van der Waals surface area contributed by atoms with Crippen LogP contribution in [0.5, 0.6) is 0 Å². The van der Waals surface area contributed by atoms with Gasteiger partial charge < -0.3 is 20.5 Å². The molecule has 0 aliphatic carbocycles. The standard InChI is InChI=1S/C10H18N2O3/c1-2-15-5-3-4-11-10(14)9-6-8(13)7-12-9/h2,8-9,12-13H,1,3-7H2,(H,11,14). The number of aliphatic hydroxyl groups excluding tert-OH is 1. The van der Waals surface area contributed by atoms with Crippen LogP contribution in [-0.2, 0) is 9.53 Å². The number of carbonyl (C=O) groups excluding carboxylic acids is 1. The first-order valence-corrected chi connectivity index (χ1v) is 5.15. The van der Waals surface area contributed by atoms with Gasteiger partial charge in [0.15, 0.2) is 0 Å². The van der Waals surface area contributed by atoms with Crippen LogP contribution in [0.3, 0.4) is 0 Å². The van der Waals surface area contributed by atoms with Crippen LogP contribution >= 0.6 is 0 Å². The molecule has 1 amide bonds. The topological polar surface area (TPSA) is 70.6 Å². The number of rotatable bonds is 6. The number of β-amino-alcohol motifs (C(OH)–C–C–N with tert-alkyl or cyclic N) is 1. The van der Waals surface area contributed by atoms with Crippen molar-refractivity contribution in [3.63, 3.8) is 0 Å². The maximum atomic E-state index is 11.5. The lowest BCUT2D eigenvalue weighted by atomic mass is 10.2. The Balaban J connectivity index is 2.05. The third-order valence-electron chi connectivity index (χ3n) is 2.28. The summed E-state index contributed by atoms with van der Waals surface area (Å²) in [5.41, 5.74) is 0. The van der Waals surface area contributed by atoms with Gasteiger partial charge in [-0.2, -0.15) is 0 Å². The summed E-state index contributed by atoms with van der Waals surface area (Å²) in [4.78, 5) is 11.5. The molecular formula is C10H18N2O3. The van der Waals surface area contributed by atoms with Gasteiger partial charge in [0.25, 0.3) is 0 Å². The highest BCUT2D eigenvalue weighted by Gasteiger charge is 2.27. The van der Waals surface area contributed by atoms with Crippen LogP contribution in [0, 0.1) is 0 Å². The van der Waals surface area contributed by atoms with E-state index in [1.165, 1.54) is 6.26 Å². The summed E-state index contributed by atoms with van der Waals surface area (Å²) in [5, 5.41) is 14.9. The van der Waals surface area contributed by atoms with Crippen LogP contribution in [0.4, 0.5) is 0 Å². The normalized spacial score (nSPS) is 24.9. The summed E-state index contributed by atoms with van der Waals surface area (Å²) >= 11 is 0. The van der Waals surface area contributed by atoms with E-state index in [1.807, 2.05) is 0 Å². The molecule has 1 rings (SSSR count). The molecule has 1 fully saturated rings. The molecule has 1 aliphatic rings. The Bertz CT molecular complexity index is 221. The molecule has 0 spiro atoms. The highest BCUT2D eigenvalue weighted by molar-refractivity contribution is 5.82. The first-order chi connectivity index (χ1) is 7.24. The van der Waals surface area contributed by atoms with Gasteiger partial charge in [-0.05, 0) is 12.8 Å². The molecular weight excluding hydrogens is 196 g/mol. The second kappa shape index (κ2) is 6.42. The number of carbonyl (C=O) groups is 1. The molecule has 0 aromatic rings. The van der Waals surface area contributed by atoms with Gasteiger partial charge in [-0.3, -0.25) is 4.79 Å². The lowest BCUT2D eigenvalue weighted by Crippen LogP contribution is -2.40. The molecule has 1 aliphatic heterocycles. The van der Waals surface area contributed by atoms with Crippen LogP contribution < -0.4 is 10.6 Å². The maximum Gasteiger partial charge on any atom is 0.237 e. The van der Waals surface area contributed by atoms with Gasteiger partial charge in [-0.15, -0.1) is 0 Å². The predicted molar refractivity (Wildman–Crippen MR) is 56.2 cm³/mol. The minimum absolute atomic E-state index is 0.0508. The summed E-state index contributed by atoms with van der Waals surface area (Å²) in [7, 11) is 0. The second-order valence-electron chi connectivity index (χ2n) is 3.53. The molecule has 0 radical (unpaired) electrons. The van der Waals surface area contributed by atoms with E-state index in [4.69, 9.17) is 4.74 Å². The quantitative estimate of drug-likeness (QED) is 0.407. The molecule has 1 saturated heterocycles. The van der Waals surface area contributed by atoms with E-state index in [0.29, 0.717) is 26.1 Å². The third-order valence-corrected chi connectivity index (χ3v) is 2.28. The van der Waals surface area contributed by atoms with Gasteiger partial charge in [0, 0.05) is 13.1 Å². The van der Waals surface area contributed by atoms with Crippen molar-refractivity contribution < 1.29 is 14.6 Å². The van der Waals surface area contributed by atoms with Gasteiger partial charge in [0.2, 0.25) is 5.91 Å². The van der Waals surface area contributed by atoms with E-state index >= 15 is 0 Å². The zero-order valence-corrected chi connectivity index (χ0v) is 8.74. The number of amides is 1. The van der Waals surface area contributed by atoms with Gasteiger partial charge in [-0.1, -0.05) is 6.58 Å². The molecule has 5 heteroatoms. The van der Waals surface area contributed by atoms with Crippen molar-refractivity contribution in [2.45, 2.75) is 25.0 Å². The summed E-state index contributed by atoms with van der Waals surface area (Å²) in [5.74, 6) is -0.0508. The molecule has 86 valence electrons. The van der Waals surface area contributed by atoms with Crippen LogP contribution in [0.2, 0.25) is 0 Å².